The van der Waals surface area contributed by atoms with Crippen molar-refractivity contribution in [2.75, 3.05) is 26.2 Å². The van der Waals surface area contributed by atoms with E-state index in [-0.39, 0.29) is 5.91 Å². The highest BCUT2D eigenvalue weighted by atomic mass is 35.5. The van der Waals surface area contributed by atoms with Crippen molar-refractivity contribution in [3.63, 3.8) is 0 Å². The number of amides is 1. The number of hydrogen-bond donors (Lipinski definition) is 0. The standard InChI is InChI=1S/C21H21Cl2N5O/c22-18-8-4-7-17(20(18)23)14-26-9-11-27(12-10-26)21(29)19-15-28(25-24-19)13-16-5-2-1-3-6-16/h1-8,15H,9-14H2. The maximum absolute atomic E-state index is 12.8. The van der Waals surface area contributed by atoms with Crippen LogP contribution in [0.2, 0.25) is 10.0 Å². The molecule has 1 aliphatic heterocycles. The molecule has 1 aromatic heterocycles. The summed E-state index contributed by atoms with van der Waals surface area (Å²) in [7, 11) is 0. The SMILES string of the molecule is O=C(c1cn(Cc2ccccc2)nn1)N1CCN(Cc2cccc(Cl)c2Cl)CC1. The lowest BCUT2D eigenvalue weighted by Crippen LogP contribution is -2.48. The van der Waals surface area contributed by atoms with Gasteiger partial charge < -0.3 is 4.90 Å². The molecule has 29 heavy (non-hydrogen) atoms. The molecule has 4 rings (SSSR count). The molecule has 0 atom stereocenters. The Kier molecular flexibility index (Phi) is 6.13. The predicted molar refractivity (Wildman–Crippen MR) is 113 cm³/mol. The summed E-state index contributed by atoms with van der Waals surface area (Å²) < 4.78 is 1.69. The van der Waals surface area contributed by atoms with Crippen LogP contribution in [-0.4, -0.2) is 56.9 Å². The van der Waals surface area contributed by atoms with Crippen LogP contribution in [0, 0.1) is 0 Å². The van der Waals surface area contributed by atoms with E-state index in [4.69, 9.17) is 23.2 Å². The van der Waals surface area contributed by atoms with E-state index >= 15 is 0 Å². The van der Waals surface area contributed by atoms with E-state index in [2.05, 4.69) is 15.2 Å². The molecule has 3 aromatic rings. The van der Waals surface area contributed by atoms with Gasteiger partial charge in [-0.15, -0.1) is 5.10 Å². The first-order chi connectivity index (χ1) is 14.1. The van der Waals surface area contributed by atoms with E-state index < -0.39 is 0 Å². The van der Waals surface area contributed by atoms with Crippen molar-refractivity contribution < 1.29 is 4.79 Å². The lowest BCUT2D eigenvalue weighted by atomic mass is 10.2. The van der Waals surface area contributed by atoms with Gasteiger partial charge in [-0.2, -0.15) is 0 Å². The fourth-order valence-electron chi connectivity index (χ4n) is 3.43. The third kappa shape index (κ3) is 4.78. The minimum atomic E-state index is -0.0789. The Morgan fingerprint density at radius 3 is 2.45 bits per heavy atom. The minimum absolute atomic E-state index is 0.0789. The third-order valence-electron chi connectivity index (χ3n) is 5.03. The molecule has 1 saturated heterocycles. The van der Waals surface area contributed by atoms with Gasteiger partial charge in [0.1, 0.15) is 0 Å². The molecule has 1 amide bonds. The number of benzene rings is 2. The largest absolute Gasteiger partial charge is 0.335 e. The van der Waals surface area contributed by atoms with Gasteiger partial charge in [0.25, 0.3) is 5.91 Å². The molecule has 0 aliphatic carbocycles. The van der Waals surface area contributed by atoms with Gasteiger partial charge in [-0.1, -0.05) is 70.9 Å². The molecule has 1 fully saturated rings. The number of piperazine rings is 1. The summed E-state index contributed by atoms with van der Waals surface area (Å²) >= 11 is 12.4. The Morgan fingerprint density at radius 1 is 0.931 bits per heavy atom. The van der Waals surface area contributed by atoms with Gasteiger partial charge in [-0.3, -0.25) is 9.69 Å². The zero-order chi connectivity index (χ0) is 20.2. The Morgan fingerprint density at radius 2 is 1.69 bits per heavy atom. The van der Waals surface area contributed by atoms with Crippen molar-refractivity contribution in [2.45, 2.75) is 13.1 Å². The van der Waals surface area contributed by atoms with Crippen LogP contribution in [0.5, 0.6) is 0 Å². The first-order valence-corrected chi connectivity index (χ1v) is 10.2. The second-order valence-corrected chi connectivity index (χ2v) is 7.85. The van der Waals surface area contributed by atoms with Crippen LogP contribution >= 0.6 is 23.2 Å². The highest BCUT2D eigenvalue weighted by Crippen LogP contribution is 2.26. The Bertz CT molecular complexity index is 984. The van der Waals surface area contributed by atoms with Crippen LogP contribution in [0.1, 0.15) is 21.6 Å². The van der Waals surface area contributed by atoms with Crippen LogP contribution in [0.4, 0.5) is 0 Å². The van der Waals surface area contributed by atoms with Crippen molar-refractivity contribution in [2.24, 2.45) is 0 Å². The molecule has 6 nitrogen and oxygen atoms in total. The van der Waals surface area contributed by atoms with Gasteiger partial charge in [0.15, 0.2) is 5.69 Å². The fourth-order valence-corrected chi connectivity index (χ4v) is 3.81. The number of aromatic nitrogens is 3. The maximum atomic E-state index is 12.8. The second kappa shape index (κ2) is 8.95. The van der Waals surface area contributed by atoms with E-state index in [0.717, 1.165) is 24.2 Å². The van der Waals surface area contributed by atoms with E-state index in [1.807, 2.05) is 47.4 Å². The van der Waals surface area contributed by atoms with Crippen molar-refractivity contribution in [3.05, 3.63) is 81.6 Å². The number of halogens is 2. The van der Waals surface area contributed by atoms with Crippen molar-refractivity contribution >= 4 is 29.1 Å². The molecule has 1 aliphatic rings. The number of hydrogen-bond acceptors (Lipinski definition) is 4. The quantitative estimate of drug-likeness (QED) is 0.621. The van der Waals surface area contributed by atoms with Crippen LogP contribution in [0.25, 0.3) is 0 Å². The average Bonchev–Trinajstić information content (AvgIpc) is 3.21. The number of carbonyl (C=O) groups is 1. The minimum Gasteiger partial charge on any atom is -0.335 e. The van der Waals surface area contributed by atoms with E-state index in [1.165, 1.54) is 0 Å². The zero-order valence-corrected chi connectivity index (χ0v) is 17.4. The van der Waals surface area contributed by atoms with Crippen LogP contribution < -0.4 is 0 Å². The molecule has 0 radical (unpaired) electrons. The number of nitrogens with zero attached hydrogens (tertiary/aromatic N) is 5. The topological polar surface area (TPSA) is 54.3 Å². The number of rotatable bonds is 5. The molecular formula is C21H21Cl2N5O. The molecule has 8 heteroatoms. The molecule has 0 spiro atoms. The maximum Gasteiger partial charge on any atom is 0.276 e. The fraction of sp³-hybridized carbons (Fsp3) is 0.286. The van der Waals surface area contributed by atoms with Crippen LogP contribution in [0.3, 0.4) is 0 Å². The summed E-state index contributed by atoms with van der Waals surface area (Å²) in [5.74, 6) is -0.0789. The van der Waals surface area contributed by atoms with Gasteiger partial charge in [0.2, 0.25) is 0 Å². The van der Waals surface area contributed by atoms with Crippen molar-refractivity contribution in [3.8, 4) is 0 Å². The lowest BCUT2D eigenvalue weighted by Gasteiger charge is -2.34. The Hall–Kier alpha value is -2.41. The summed E-state index contributed by atoms with van der Waals surface area (Å²) in [6.07, 6.45) is 1.72. The van der Waals surface area contributed by atoms with Gasteiger partial charge in [-0.05, 0) is 17.2 Å². The summed E-state index contributed by atoms with van der Waals surface area (Å²) in [6.45, 7) is 4.13. The molecule has 2 aromatic carbocycles. The van der Waals surface area contributed by atoms with Gasteiger partial charge in [-0.25, -0.2) is 4.68 Å². The predicted octanol–water partition coefficient (Wildman–Crippen LogP) is 3.59. The summed E-state index contributed by atoms with van der Waals surface area (Å²) in [5.41, 5.74) is 2.50. The second-order valence-electron chi connectivity index (χ2n) is 7.07. The highest BCUT2D eigenvalue weighted by molar-refractivity contribution is 6.42. The van der Waals surface area contributed by atoms with Gasteiger partial charge >= 0.3 is 0 Å². The highest BCUT2D eigenvalue weighted by Gasteiger charge is 2.24. The Labute approximate surface area is 179 Å². The average molecular weight is 430 g/mol. The summed E-state index contributed by atoms with van der Waals surface area (Å²) in [5, 5.41) is 9.34. The van der Waals surface area contributed by atoms with E-state index in [0.29, 0.717) is 41.9 Å². The molecule has 150 valence electrons. The van der Waals surface area contributed by atoms with Crippen molar-refractivity contribution in [1.82, 2.24) is 24.8 Å². The molecule has 0 saturated carbocycles. The van der Waals surface area contributed by atoms with Crippen molar-refractivity contribution in [1.29, 1.82) is 0 Å². The molecule has 2 heterocycles. The van der Waals surface area contributed by atoms with E-state index in [1.54, 1.807) is 16.9 Å². The smallest absolute Gasteiger partial charge is 0.276 e. The first-order valence-electron chi connectivity index (χ1n) is 9.49. The third-order valence-corrected chi connectivity index (χ3v) is 5.89. The van der Waals surface area contributed by atoms with E-state index in [9.17, 15) is 4.79 Å². The lowest BCUT2D eigenvalue weighted by molar-refractivity contribution is 0.0622. The summed E-state index contributed by atoms with van der Waals surface area (Å²) in [4.78, 5) is 16.9. The molecule has 0 unspecified atom stereocenters. The molecular weight excluding hydrogens is 409 g/mol. The Balaban J connectivity index is 1.33. The zero-order valence-electron chi connectivity index (χ0n) is 15.8. The molecule has 0 N–H and O–H groups in total. The monoisotopic (exact) mass is 429 g/mol. The summed E-state index contributed by atoms with van der Waals surface area (Å²) in [6, 6.07) is 15.7. The van der Waals surface area contributed by atoms with Gasteiger partial charge in [0.05, 0.1) is 22.8 Å². The normalized spacial score (nSPS) is 14.9. The van der Waals surface area contributed by atoms with Crippen LogP contribution in [0.15, 0.2) is 54.7 Å². The molecule has 0 bridgehead atoms. The number of carbonyl (C=O) groups excluding carboxylic acids is 1. The van der Waals surface area contributed by atoms with Gasteiger partial charge in [0, 0.05) is 32.7 Å². The van der Waals surface area contributed by atoms with Crippen LogP contribution in [-0.2, 0) is 13.1 Å². The first kappa shape index (κ1) is 19.9.